The second-order valence-electron chi connectivity index (χ2n) is 18.5. The van der Waals surface area contributed by atoms with Crippen LogP contribution in [0.2, 0.25) is 0 Å². The normalized spacial score (nSPS) is 13.3. The number of unbranched alkanes of at least 4 members (excludes halogenated alkanes) is 33. The third-order valence-electron chi connectivity index (χ3n) is 12.7. The second kappa shape index (κ2) is 46.2. The van der Waals surface area contributed by atoms with E-state index in [1.807, 2.05) is 0 Å². The Labute approximate surface area is 378 Å². The molecule has 0 aromatic heterocycles. The molecule has 0 amide bonds. The third kappa shape index (κ3) is 35.3. The van der Waals surface area contributed by atoms with Crippen molar-refractivity contribution < 1.29 is 29.3 Å². The Kier molecular flexibility index (Phi) is 44.9. The lowest BCUT2D eigenvalue weighted by Gasteiger charge is -2.29. The standard InChI is InChI=1S/C55H102O6/c1-4-7-10-13-16-19-22-25-27-29-31-34-37-40-43-46-52(58)55(54(60)61-50-51(57)49-56,48-45-42-39-36-33-24-21-18-15-12-9-6-3)53(59)47-44-41-38-35-32-30-28-26-23-20-17-14-11-8-5-2/h25-28,51,56-57H,4-24,29-50H2,1-3H3. The van der Waals surface area contributed by atoms with Gasteiger partial charge in [0.05, 0.1) is 6.61 Å². The molecule has 0 fully saturated rings. The highest BCUT2D eigenvalue weighted by Gasteiger charge is 2.51. The van der Waals surface area contributed by atoms with Gasteiger partial charge in [0.1, 0.15) is 12.7 Å². The summed E-state index contributed by atoms with van der Waals surface area (Å²) in [7, 11) is 0. The number of aliphatic hydroxyl groups excluding tert-OH is 2. The number of esters is 1. The molecule has 358 valence electrons. The van der Waals surface area contributed by atoms with E-state index >= 15 is 0 Å². The summed E-state index contributed by atoms with van der Waals surface area (Å²) < 4.78 is 5.51. The first-order valence-corrected chi connectivity index (χ1v) is 26.7. The Morgan fingerprint density at radius 2 is 0.705 bits per heavy atom. The van der Waals surface area contributed by atoms with Gasteiger partial charge in [0, 0.05) is 12.8 Å². The van der Waals surface area contributed by atoms with Gasteiger partial charge in [-0.25, -0.2) is 0 Å². The average molecular weight is 859 g/mol. The predicted molar refractivity (Wildman–Crippen MR) is 261 cm³/mol. The van der Waals surface area contributed by atoms with Gasteiger partial charge in [0.2, 0.25) is 0 Å². The van der Waals surface area contributed by atoms with Crippen molar-refractivity contribution in [2.45, 2.75) is 290 Å². The van der Waals surface area contributed by atoms with Crippen LogP contribution in [0.25, 0.3) is 0 Å². The van der Waals surface area contributed by atoms with Gasteiger partial charge in [-0.05, 0) is 70.6 Å². The van der Waals surface area contributed by atoms with Gasteiger partial charge in [0.15, 0.2) is 17.0 Å². The van der Waals surface area contributed by atoms with Crippen molar-refractivity contribution in [2.24, 2.45) is 5.41 Å². The van der Waals surface area contributed by atoms with Crippen molar-refractivity contribution >= 4 is 17.5 Å². The van der Waals surface area contributed by atoms with Crippen LogP contribution in [0.1, 0.15) is 284 Å². The minimum atomic E-state index is -1.82. The molecule has 6 nitrogen and oxygen atoms in total. The molecule has 2 N–H and O–H groups in total. The van der Waals surface area contributed by atoms with Gasteiger partial charge < -0.3 is 14.9 Å². The van der Waals surface area contributed by atoms with E-state index in [9.17, 15) is 24.6 Å². The van der Waals surface area contributed by atoms with Crippen LogP contribution in [0, 0.1) is 5.41 Å². The van der Waals surface area contributed by atoms with Crippen molar-refractivity contribution in [3.63, 3.8) is 0 Å². The van der Waals surface area contributed by atoms with Gasteiger partial charge in [-0.2, -0.15) is 0 Å². The number of rotatable bonds is 49. The van der Waals surface area contributed by atoms with Crippen LogP contribution in [-0.2, 0) is 19.1 Å². The Morgan fingerprint density at radius 1 is 0.426 bits per heavy atom. The Hall–Kier alpha value is -1.79. The van der Waals surface area contributed by atoms with Crippen LogP contribution in [0.15, 0.2) is 24.3 Å². The largest absolute Gasteiger partial charge is 0.462 e. The smallest absolute Gasteiger partial charge is 0.327 e. The average Bonchev–Trinajstić information content (AvgIpc) is 3.26. The molecule has 1 unspecified atom stereocenters. The summed E-state index contributed by atoms with van der Waals surface area (Å²) in [6.07, 6.45) is 52.7. The van der Waals surface area contributed by atoms with Crippen LogP contribution >= 0.6 is 0 Å². The molecule has 0 rings (SSSR count). The molecule has 0 aromatic rings. The van der Waals surface area contributed by atoms with E-state index < -0.39 is 30.7 Å². The first-order chi connectivity index (χ1) is 29.9. The molecule has 61 heavy (non-hydrogen) atoms. The number of ketones is 2. The highest BCUT2D eigenvalue weighted by molar-refractivity contribution is 6.22. The van der Waals surface area contributed by atoms with Gasteiger partial charge in [0.25, 0.3) is 0 Å². The maximum atomic E-state index is 14.2. The number of aliphatic hydroxyl groups is 2. The maximum absolute atomic E-state index is 14.2. The monoisotopic (exact) mass is 859 g/mol. The summed E-state index contributed by atoms with van der Waals surface area (Å²) in [4.78, 5) is 42.4. The minimum absolute atomic E-state index is 0.173. The lowest BCUT2D eigenvalue weighted by molar-refractivity contribution is -0.168. The molecule has 0 saturated heterocycles. The number of Topliss-reactive ketones (excluding diaryl/α,β-unsaturated/α-hetero) is 2. The number of hydrogen-bond donors (Lipinski definition) is 2. The van der Waals surface area contributed by atoms with E-state index in [-0.39, 0.29) is 30.8 Å². The number of carbonyl (C=O) groups excluding carboxylic acids is 3. The van der Waals surface area contributed by atoms with E-state index in [2.05, 4.69) is 45.1 Å². The quantitative estimate of drug-likeness (QED) is 0.0273. The number of ether oxygens (including phenoxy) is 1. The fourth-order valence-electron chi connectivity index (χ4n) is 8.48. The summed E-state index contributed by atoms with van der Waals surface area (Å²) in [5, 5.41) is 19.5. The van der Waals surface area contributed by atoms with E-state index in [0.29, 0.717) is 19.3 Å². The van der Waals surface area contributed by atoms with E-state index in [4.69, 9.17) is 4.74 Å². The van der Waals surface area contributed by atoms with Crippen LogP contribution in [-0.4, -0.2) is 47.1 Å². The molecule has 0 saturated carbocycles. The molecular weight excluding hydrogens is 757 g/mol. The fraction of sp³-hybridized carbons (Fsp3) is 0.873. The second-order valence-corrected chi connectivity index (χ2v) is 18.5. The minimum Gasteiger partial charge on any atom is -0.462 e. The van der Waals surface area contributed by atoms with Crippen LogP contribution in [0.5, 0.6) is 0 Å². The Bertz CT molecular complexity index is 981. The molecule has 0 spiro atoms. The van der Waals surface area contributed by atoms with Gasteiger partial charge in [-0.3, -0.25) is 14.4 Å². The highest BCUT2D eigenvalue weighted by atomic mass is 16.5. The molecule has 0 aromatic carbocycles. The topological polar surface area (TPSA) is 101 Å². The molecule has 1 atom stereocenters. The van der Waals surface area contributed by atoms with Crippen LogP contribution in [0.4, 0.5) is 0 Å². The first-order valence-electron chi connectivity index (χ1n) is 26.7. The Balaban J connectivity index is 5.19. The summed E-state index contributed by atoms with van der Waals surface area (Å²) in [6.45, 7) is 5.79. The van der Waals surface area contributed by atoms with Crippen LogP contribution in [0.3, 0.4) is 0 Å². The molecule has 0 aliphatic rings. The molecular formula is C55H102O6. The van der Waals surface area contributed by atoms with Crippen molar-refractivity contribution in [2.75, 3.05) is 13.2 Å². The lowest BCUT2D eigenvalue weighted by Crippen LogP contribution is -2.48. The summed E-state index contributed by atoms with van der Waals surface area (Å²) in [6, 6.07) is 0. The summed E-state index contributed by atoms with van der Waals surface area (Å²) >= 11 is 0. The van der Waals surface area contributed by atoms with Crippen molar-refractivity contribution in [1.29, 1.82) is 0 Å². The van der Waals surface area contributed by atoms with Crippen LogP contribution < -0.4 is 0 Å². The number of hydrogen-bond acceptors (Lipinski definition) is 6. The zero-order chi connectivity index (χ0) is 44.8. The zero-order valence-corrected chi connectivity index (χ0v) is 40.8. The van der Waals surface area contributed by atoms with Gasteiger partial charge in [-0.15, -0.1) is 0 Å². The predicted octanol–water partition coefficient (Wildman–Crippen LogP) is 16.2. The molecule has 0 radical (unpaired) electrons. The zero-order valence-electron chi connectivity index (χ0n) is 40.8. The van der Waals surface area contributed by atoms with Gasteiger partial charge in [-0.1, -0.05) is 225 Å². The molecule has 0 aliphatic heterocycles. The molecule has 0 aliphatic carbocycles. The molecule has 0 bridgehead atoms. The maximum Gasteiger partial charge on any atom is 0.327 e. The molecule has 6 heteroatoms. The number of carbonyl (C=O) groups is 3. The fourth-order valence-corrected chi connectivity index (χ4v) is 8.48. The summed E-state index contributed by atoms with van der Waals surface area (Å²) in [5.74, 6) is -1.44. The van der Waals surface area contributed by atoms with Crippen molar-refractivity contribution in [3.8, 4) is 0 Å². The highest BCUT2D eigenvalue weighted by Crippen LogP contribution is 2.35. The van der Waals surface area contributed by atoms with Gasteiger partial charge >= 0.3 is 5.97 Å². The van der Waals surface area contributed by atoms with E-state index in [1.54, 1.807) is 0 Å². The lowest BCUT2D eigenvalue weighted by atomic mass is 9.72. The third-order valence-corrected chi connectivity index (χ3v) is 12.7. The first kappa shape index (κ1) is 59.2. The van der Waals surface area contributed by atoms with E-state index in [0.717, 1.165) is 83.5 Å². The van der Waals surface area contributed by atoms with Crippen molar-refractivity contribution in [3.05, 3.63) is 24.3 Å². The Morgan fingerprint density at radius 3 is 1.02 bits per heavy atom. The molecule has 0 heterocycles. The SMILES string of the molecule is CCCCCCCCC=CCCCCCCCC(=O)C(CCCCCCCCCCCCCC)(C(=O)CCCCCCCC=CCCCCCCCC)C(=O)OCC(O)CO. The van der Waals surface area contributed by atoms with Crippen molar-refractivity contribution in [1.82, 2.24) is 0 Å². The van der Waals surface area contributed by atoms with E-state index in [1.165, 1.54) is 141 Å². The number of allylic oxidation sites excluding steroid dienone is 4. The summed E-state index contributed by atoms with van der Waals surface area (Å²) in [5.41, 5.74) is -1.82.